The average molecular weight is 593 g/mol. The maximum Gasteiger partial charge on any atom is 0.266 e. The van der Waals surface area contributed by atoms with Crippen molar-refractivity contribution in [3.8, 4) is 23.8 Å². The number of carbonyl (C=O) groups is 1. The summed E-state index contributed by atoms with van der Waals surface area (Å²) in [4.78, 5) is 21.5. The molecule has 2 saturated carbocycles. The minimum Gasteiger partial charge on any atom is -0.490 e. The first kappa shape index (κ1) is 25.4. The van der Waals surface area contributed by atoms with Gasteiger partial charge in [0.2, 0.25) is 0 Å². The summed E-state index contributed by atoms with van der Waals surface area (Å²) in [5.41, 5.74) is 0.916. The predicted molar refractivity (Wildman–Crippen MR) is 148 cm³/mol. The molecule has 1 saturated heterocycles. The summed E-state index contributed by atoms with van der Waals surface area (Å²) in [6.45, 7) is 2.64. The third-order valence-electron chi connectivity index (χ3n) is 6.57. The highest BCUT2D eigenvalue weighted by Crippen LogP contribution is 2.40. The van der Waals surface area contributed by atoms with E-state index in [0.717, 1.165) is 44.9 Å². The van der Waals surface area contributed by atoms with Gasteiger partial charge in [-0.25, -0.2) is 0 Å². The molecule has 1 heterocycles. The van der Waals surface area contributed by atoms with E-state index in [9.17, 15) is 4.79 Å². The largest absolute Gasteiger partial charge is 0.490 e. The Hall–Kier alpha value is -1.66. The number of amidine groups is 1. The van der Waals surface area contributed by atoms with Crippen LogP contribution in [0.15, 0.2) is 22.0 Å². The normalized spacial score (nSPS) is 22.4. The molecule has 0 spiro atoms. The van der Waals surface area contributed by atoms with Gasteiger partial charge in [-0.15, -0.1) is 6.42 Å². The first-order valence-corrected chi connectivity index (χ1v) is 14.3. The van der Waals surface area contributed by atoms with Crippen molar-refractivity contribution >= 4 is 51.5 Å². The van der Waals surface area contributed by atoms with Crippen LogP contribution in [0.4, 0.5) is 0 Å². The van der Waals surface area contributed by atoms with Gasteiger partial charge in [0.15, 0.2) is 16.7 Å². The van der Waals surface area contributed by atoms with E-state index in [1.54, 1.807) is 0 Å². The Morgan fingerprint density at radius 2 is 1.85 bits per heavy atom. The van der Waals surface area contributed by atoms with Crippen LogP contribution in [-0.4, -0.2) is 41.3 Å². The SMILES string of the molecule is C#CCOc1c(I)cc(C=C2SC(=NC3CCCCC3)N(C3CCCCC3)C2=O)cc1OCC. The lowest BCUT2D eigenvalue weighted by Crippen LogP contribution is -2.41. The van der Waals surface area contributed by atoms with E-state index in [-0.39, 0.29) is 18.6 Å². The van der Waals surface area contributed by atoms with Gasteiger partial charge < -0.3 is 9.47 Å². The zero-order valence-corrected chi connectivity index (χ0v) is 22.8. The number of hydrogen-bond donors (Lipinski definition) is 0. The molecule has 5 nitrogen and oxygen atoms in total. The Labute approximate surface area is 221 Å². The van der Waals surface area contributed by atoms with E-state index >= 15 is 0 Å². The summed E-state index contributed by atoms with van der Waals surface area (Å²) in [6, 6.07) is 4.55. The summed E-state index contributed by atoms with van der Waals surface area (Å²) < 4.78 is 12.5. The third kappa shape index (κ3) is 6.12. The van der Waals surface area contributed by atoms with Crippen molar-refractivity contribution in [3.63, 3.8) is 0 Å². The Balaban J connectivity index is 1.65. The van der Waals surface area contributed by atoms with Crippen molar-refractivity contribution in [2.24, 2.45) is 4.99 Å². The molecule has 0 aromatic heterocycles. The minimum atomic E-state index is 0.0899. The maximum absolute atomic E-state index is 13.6. The molecule has 34 heavy (non-hydrogen) atoms. The van der Waals surface area contributed by atoms with Crippen LogP contribution in [0.3, 0.4) is 0 Å². The summed E-state index contributed by atoms with van der Waals surface area (Å²) in [5.74, 6) is 3.89. The van der Waals surface area contributed by atoms with E-state index in [1.807, 2.05) is 30.0 Å². The fraction of sp³-hybridized carbons (Fsp3) is 0.556. The number of terminal acetylenes is 1. The Morgan fingerprint density at radius 3 is 2.53 bits per heavy atom. The molecular formula is C27H33IN2O3S. The number of benzene rings is 1. The fourth-order valence-electron chi connectivity index (χ4n) is 4.94. The molecular weight excluding hydrogens is 559 g/mol. The van der Waals surface area contributed by atoms with Gasteiger partial charge >= 0.3 is 0 Å². The number of rotatable bonds is 7. The van der Waals surface area contributed by atoms with Gasteiger partial charge in [0.1, 0.15) is 6.61 Å². The van der Waals surface area contributed by atoms with Crippen molar-refractivity contribution in [3.05, 3.63) is 26.2 Å². The number of nitrogens with zero attached hydrogens (tertiary/aromatic N) is 2. The molecule has 0 atom stereocenters. The van der Waals surface area contributed by atoms with E-state index in [4.69, 9.17) is 20.9 Å². The highest BCUT2D eigenvalue weighted by atomic mass is 127. The molecule has 3 fully saturated rings. The fourth-order valence-corrected chi connectivity index (χ4v) is 6.83. The summed E-state index contributed by atoms with van der Waals surface area (Å²) in [7, 11) is 0. The van der Waals surface area contributed by atoms with Gasteiger partial charge in [-0.2, -0.15) is 0 Å². The van der Waals surface area contributed by atoms with Crippen LogP contribution in [-0.2, 0) is 4.79 Å². The number of halogens is 1. The molecule has 182 valence electrons. The number of aliphatic imine (C=N–C) groups is 1. The van der Waals surface area contributed by atoms with Crippen LogP contribution in [0.2, 0.25) is 0 Å². The van der Waals surface area contributed by atoms with Gasteiger partial charge in [-0.1, -0.05) is 44.4 Å². The highest BCUT2D eigenvalue weighted by Gasteiger charge is 2.39. The number of thioether (sulfide) groups is 1. The van der Waals surface area contributed by atoms with Crippen LogP contribution < -0.4 is 9.47 Å². The quantitative estimate of drug-likeness (QED) is 0.203. The van der Waals surface area contributed by atoms with Crippen LogP contribution in [0.25, 0.3) is 6.08 Å². The standard InChI is InChI=1S/C27H33IN2O3S/c1-3-15-33-25-22(28)16-19(17-23(25)32-4-2)18-24-26(31)30(21-13-9-6-10-14-21)27(34-24)29-20-11-7-5-8-12-20/h1,16-18,20-21H,4-15H2,2H3. The van der Waals surface area contributed by atoms with Crippen LogP contribution in [0.1, 0.15) is 76.7 Å². The average Bonchev–Trinajstić information content (AvgIpc) is 3.14. The predicted octanol–water partition coefficient (Wildman–Crippen LogP) is 6.64. The molecule has 2 aliphatic carbocycles. The highest BCUT2D eigenvalue weighted by molar-refractivity contribution is 14.1. The monoisotopic (exact) mass is 592 g/mol. The minimum absolute atomic E-state index is 0.0899. The molecule has 1 aliphatic heterocycles. The number of amides is 1. The van der Waals surface area contributed by atoms with Gasteiger partial charge in [-0.3, -0.25) is 14.7 Å². The molecule has 1 aromatic rings. The van der Waals surface area contributed by atoms with Crippen molar-refractivity contribution in [1.29, 1.82) is 0 Å². The lowest BCUT2D eigenvalue weighted by molar-refractivity contribution is -0.124. The number of ether oxygens (including phenoxy) is 2. The van der Waals surface area contributed by atoms with Crippen molar-refractivity contribution < 1.29 is 14.3 Å². The van der Waals surface area contributed by atoms with Gasteiger partial charge in [0.05, 0.1) is 21.1 Å². The Bertz CT molecular complexity index is 988. The van der Waals surface area contributed by atoms with Crippen molar-refractivity contribution in [2.75, 3.05) is 13.2 Å². The number of carbonyl (C=O) groups excluding carboxylic acids is 1. The Kier molecular flexibility index (Phi) is 9.24. The Morgan fingerprint density at radius 1 is 1.15 bits per heavy atom. The van der Waals surface area contributed by atoms with Crippen molar-refractivity contribution in [2.45, 2.75) is 83.2 Å². The molecule has 4 rings (SSSR count). The molecule has 7 heteroatoms. The molecule has 0 bridgehead atoms. The van der Waals surface area contributed by atoms with Gasteiger partial charge in [-0.05, 0) is 90.7 Å². The summed E-state index contributed by atoms with van der Waals surface area (Å²) in [5, 5.41) is 0.906. The molecule has 0 unspecified atom stereocenters. The lowest BCUT2D eigenvalue weighted by atomic mass is 9.94. The first-order chi connectivity index (χ1) is 16.6. The molecule has 3 aliphatic rings. The lowest BCUT2D eigenvalue weighted by Gasteiger charge is -2.31. The maximum atomic E-state index is 13.6. The van der Waals surface area contributed by atoms with E-state index in [0.29, 0.717) is 24.1 Å². The zero-order valence-electron chi connectivity index (χ0n) is 19.9. The zero-order chi connectivity index (χ0) is 23.9. The van der Waals surface area contributed by atoms with Crippen molar-refractivity contribution in [1.82, 2.24) is 4.90 Å². The van der Waals surface area contributed by atoms with Crippen LogP contribution in [0, 0.1) is 15.9 Å². The number of hydrogen-bond acceptors (Lipinski definition) is 5. The second-order valence-electron chi connectivity index (χ2n) is 9.04. The molecule has 0 N–H and O–H groups in total. The smallest absolute Gasteiger partial charge is 0.266 e. The van der Waals surface area contributed by atoms with E-state index < -0.39 is 0 Å². The molecule has 1 amide bonds. The third-order valence-corrected chi connectivity index (χ3v) is 8.37. The van der Waals surface area contributed by atoms with E-state index in [1.165, 1.54) is 50.3 Å². The van der Waals surface area contributed by atoms with Crippen LogP contribution >= 0.6 is 34.4 Å². The topological polar surface area (TPSA) is 51.1 Å². The molecule has 0 radical (unpaired) electrons. The first-order valence-electron chi connectivity index (χ1n) is 12.4. The van der Waals surface area contributed by atoms with Crippen LogP contribution in [0.5, 0.6) is 11.5 Å². The summed E-state index contributed by atoms with van der Waals surface area (Å²) >= 11 is 3.77. The second kappa shape index (κ2) is 12.3. The van der Waals surface area contributed by atoms with E-state index in [2.05, 4.69) is 28.5 Å². The van der Waals surface area contributed by atoms with Gasteiger partial charge in [0, 0.05) is 6.04 Å². The van der Waals surface area contributed by atoms with Gasteiger partial charge in [0.25, 0.3) is 5.91 Å². The summed E-state index contributed by atoms with van der Waals surface area (Å²) in [6.07, 6.45) is 19.1. The second-order valence-corrected chi connectivity index (χ2v) is 11.2. The molecule has 1 aromatic carbocycles.